The van der Waals surface area contributed by atoms with Gasteiger partial charge in [0.25, 0.3) is 0 Å². The number of aromatic nitrogens is 1. The number of nitrogens with zero attached hydrogens (tertiary/aromatic N) is 1. The maximum absolute atomic E-state index is 2.44. The number of hydrogen-bond acceptors (Lipinski definition) is 0. The van der Waals surface area contributed by atoms with Crippen molar-refractivity contribution in [2.75, 3.05) is 0 Å². The summed E-state index contributed by atoms with van der Waals surface area (Å²) in [6.45, 7) is 4.73. The average Bonchev–Trinajstić information content (AvgIpc) is 2.68. The second kappa shape index (κ2) is 3.48. The molecule has 0 unspecified atom stereocenters. The maximum Gasteiger partial charge on any atom is 0.301 e. The first-order chi connectivity index (χ1) is 9.19. The Balaban J connectivity index is 2.20. The highest BCUT2D eigenvalue weighted by Crippen LogP contribution is 2.28. The molecule has 2 heteroatoms. The van der Waals surface area contributed by atoms with Gasteiger partial charge in [-0.15, -0.1) is 19.1 Å². The highest BCUT2D eigenvalue weighted by atomic mass is 14.9. The summed E-state index contributed by atoms with van der Waals surface area (Å²) in [6, 6.07) is 19.7. The molecule has 0 radical (unpaired) electrons. The molecule has 4 rings (SSSR count). The van der Waals surface area contributed by atoms with Crippen LogP contribution >= 0.6 is 0 Å². The molecule has 1 aliphatic heterocycles. The van der Waals surface area contributed by atoms with Gasteiger partial charge in [-0.1, -0.05) is 42.5 Å². The first-order valence-electron chi connectivity index (χ1n) is 6.96. The lowest BCUT2D eigenvalue weighted by molar-refractivity contribution is -0.528. The minimum atomic E-state index is -0.729. The van der Waals surface area contributed by atoms with Gasteiger partial charge in [0.2, 0.25) is 0 Å². The molecule has 1 aromatic heterocycles. The van der Waals surface area contributed by atoms with Gasteiger partial charge in [-0.25, -0.2) is 0 Å². The molecule has 92 valence electrons. The molecule has 0 fully saturated rings. The lowest BCUT2D eigenvalue weighted by Gasteiger charge is -2.22. The van der Waals surface area contributed by atoms with E-state index in [2.05, 4.69) is 78.9 Å². The fourth-order valence-corrected chi connectivity index (χ4v) is 3.67. The lowest BCUT2D eigenvalue weighted by Crippen LogP contribution is -2.64. The molecule has 2 aromatic carbocycles. The highest BCUT2D eigenvalue weighted by Gasteiger charge is 2.39. The molecule has 0 saturated heterocycles. The molecule has 3 aromatic rings. The van der Waals surface area contributed by atoms with Crippen molar-refractivity contribution in [2.24, 2.45) is 0 Å². The smallest absolute Gasteiger partial charge is 0.301 e. The van der Waals surface area contributed by atoms with Crippen molar-refractivity contribution in [3.63, 3.8) is 0 Å². The summed E-state index contributed by atoms with van der Waals surface area (Å²) in [7, 11) is 0. The molecule has 0 N–H and O–H groups in total. The Morgan fingerprint density at radius 1 is 0.842 bits per heavy atom. The Bertz CT molecular complexity index is 805. The van der Waals surface area contributed by atoms with Crippen LogP contribution in [0.4, 0.5) is 0 Å². The van der Waals surface area contributed by atoms with Crippen molar-refractivity contribution in [3.05, 3.63) is 60.8 Å². The van der Waals surface area contributed by atoms with Gasteiger partial charge in [0.15, 0.2) is 5.69 Å². The molecule has 1 aliphatic rings. The predicted molar refractivity (Wildman–Crippen MR) is 82.1 cm³/mol. The van der Waals surface area contributed by atoms with Crippen LogP contribution in [0.2, 0.25) is 13.6 Å². The second-order valence-electron chi connectivity index (χ2n) is 6.04. The Morgan fingerprint density at radius 2 is 1.63 bits per heavy atom. The van der Waals surface area contributed by atoms with Crippen LogP contribution in [-0.4, -0.2) is 6.28 Å². The van der Waals surface area contributed by atoms with Crippen molar-refractivity contribution in [3.8, 4) is 11.3 Å². The SMILES string of the molecule is C[B-]1(C)c2c(ccc3ccccc23)-c2cccc[n+]21. The quantitative estimate of drug-likeness (QED) is 0.536. The van der Waals surface area contributed by atoms with Crippen LogP contribution < -0.4 is 9.94 Å². The minimum Gasteiger partial charge on any atom is -0.416 e. The molecule has 1 nitrogen and oxygen atoms in total. The number of fused-ring (bicyclic) bond motifs is 5. The van der Waals surface area contributed by atoms with Crippen LogP contribution in [0, 0.1) is 0 Å². The topological polar surface area (TPSA) is 3.88 Å². The maximum atomic E-state index is 2.44. The van der Waals surface area contributed by atoms with E-state index in [1.165, 1.54) is 27.5 Å². The van der Waals surface area contributed by atoms with Gasteiger partial charge >= 0.3 is 6.28 Å². The van der Waals surface area contributed by atoms with E-state index in [9.17, 15) is 0 Å². The first-order valence-corrected chi connectivity index (χ1v) is 6.96. The highest BCUT2D eigenvalue weighted by molar-refractivity contribution is 6.86. The number of hydrogen-bond donors (Lipinski definition) is 0. The van der Waals surface area contributed by atoms with Crippen LogP contribution in [0.25, 0.3) is 22.0 Å². The molecular formula is C17H16BN. The standard InChI is InChI=1S/C17H16BN/c1-18(2)17-14-8-4-3-7-13(14)10-11-15(17)16-9-5-6-12-19(16)18/h3-12H,1-2H3. The molecule has 0 spiro atoms. The Kier molecular flexibility index (Phi) is 1.98. The minimum absolute atomic E-state index is 0.729. The third-order valence-corrected chi connectivity index (χ3v) is 4.54. The zero-order valence-corrected chi connectivity index (χ0v) is 11.3. The molecule has 0 saturated carbocycles. The van der Waals surface area contributed by atoms with Gasteiger partial charge in [0, 0.05) is 11.6 Å². The van der Waals surface area contributed by atoms with Crippen LogP contribution in [0.3, 0.4) is 0 Å². The normalized spacial score (nSPS) is 15.3. The molecule has 0 bridgehead atoms. The zero-order valence-electron chi connectivity index (χ0n) is 11.3. The van der Waals surface area contributed by atoms with Crippen molar-refractivity contribution >= 4 is 22.5 Å². The van der Waals surface area contributed by atoms with E-state index >= 15 is 0 Å². The summed E-state index contributed by atoms with van der Waals surface area (Å²) in [5.41, 5.74) is 4.24. The molecule has 2 heterocycles. The Morgan fingerprint density at radius 3 is 2.53 bits per heavy atom. The van der Waals surface area contributed by atoms with Gasteiger partial charge in [-0.3, -0.25) is 0 Å². The second-order valence-corrected chi connectivity index (χ2v) is 6.04. The zero-order chi connectivity index (χ0) is 13.0. The summed E-state index contributed by atoms with van der Waals surface area (Å²) in [6.07, 6.45) is 1.48. The Hall–Kier alpha value is -2.09. The van der Waals surface area contributed by atoms with Crippen LogP contribution in [-0.2, 0) is 0 Å². The Labute approximate surface area is 113 Å². The van der Waals surface area contributed by atoms with Crippen LogP contribution in [0.1, 0.15) is 0 Å². The van der Waals surface area contributed by atoms with Crippen molar-refractivity contribution in [1.29, 1.82) is 0 Å². The fraction of sp³-hybridized carbons (Fsp3) is 0.118. The monoisotopic (exact) mass is 245 g/mol. The third kappa shape index (κ3) is 1.29. The van der Waals surface area contributed by atoms with Gasteiger partial charge in [-0.05, 0) is 16.8 Å². The number of benzene rings is 2. The van der Waals surface area contributed by atoms with E-state index < -0.39 is 6.28 Å². The van der Waals surface area contributed by atoms with Crippen molar-refractivity contribution < 1.29 is 4.48 Å². The van der Waals surface area contributed by atoms with Gasteiger partial charge in [-0.2, -0.15) is 0 Å². The first kappa shape index (κ1) is 10.8. The summed E-state index contributed by atoms with van der Waals surface area (Å²) in [5, 5.41) is 2.73. The predicted octanol–water partition coefficient (Wildman–Crippen LogP) is 3.07. The van der Waals surface area contributed by atoms with Gasteiger partial charge < -0.3 is 4.48 Å². The van der Waals surface area contributed by atoms with Crippen molar-refractivity contribution in [1.82, 2.24) is 0 Å². The van der Waals surface area contributed by atoms with Crippen molar-refractivity contribution in [2.45, 2.75) is 13.6 Å². The van der Waals surface area contributed by atoms with Crippen LogP contribution in [0.15, 0.2) is 60.8 Å². The van der Waals surface area contributed by atoms with Gasteiger partial charge in [0.05, 0.1) is 0 Å². The summed E-state index contributed by atoms with van der Waals surface area (Å²) in [4.78, 5) is 0. The van der Waals surface area contributed by atoms with E-state index in [1.807, 2.05) is 0 Å². The number of rotatable bonds is 0. The third-order valence-electron chi connectivity index (χ3n) is 4.54. The average molecular weight is 245 g/mol. The fourth-order valence-electron chi connectivity index (χ4n) is 3.67. The van der Waals surface area contributed by atoms with E-state index in [4.69, 9.17) is 0 Å². The molecule has 19 heavy (non-hydrogen) atoms. The van der Waals surface area contributed by atoms with E-state index in [1.54, 1.807) is 0 Å². The molecule has 0 amide bonds. The number of pyridine rings is 1. The summed E-state index contributed by atoms with van der Waals surface area (Å²) in [5.74, 6) is 0. The summed E-state index contributed by atoms with van der Waals surface area (Å²) >= 11 is 0. The lowest BCUT2D eigenvalue weighted by atomic mass is 9.35. The molecular weight excluding hydrogens is 229 g/mol. The summed E-state index contributed by atoms with van der Waals surface area (Å²) < 4.78 is 2.44. The van der Waals surface area contributed by atoms with E-state index in [0.29, 0.717) is 0 Å². The van der Waals surface area contributed by atoms with Crippen LogP contribution in [0.5, 0.6) is 0 Å². The molecule has 0 atom stereocenters. The van der Waals surface area contributed by atoms with E-state index in [-0.39, 0.29) is 0 Å². The van der Waals surface area contributed by atoms with E-state index in [0.717, 1.165) is 0 Å². The molecule has 0 aliphatic carbocycles. The van der Waals surface area contributed by atoms with Gasteiger partial charge in [0.1, 0.15) is 6.20 Å². The largest absolute Gasteiger partial charge is 0.416 e.